The van der Waals surface area contributed by atoms with Crippen molar-refractivity contribution in [3.63, 3.8) is 0 Å². The van der Waals surface area contributed by atoms with Crippen LogP contribution in [0.15, 0.2) is 57.7 Å². The highest BCUT2D eigenvalue weighted by Crippen LogP contribution is 2.33. The standard InChI is InChI=1S/C22H18FN3O3/c1-13-20-17(11-18(19-6-3-9-28-19)24-21(20)29-25-13)22(27)26(16-7-8-16)12-14-4-2-5-15(23)10-14/h2-6,9-11,16H,7-8,12H2,1H3. The first kappa shape index (κ1) is 17.6. The van der Waals surface area contributed by atoms with E-state index in [-0.39, 0.29) is 17.8 Å². The number of hydrogen-bond acceptors (Lipinski definition) is 5. The molecule has 1 amide bonds. The fraction of sp³-hybridized carbons (Fsp3) is 0.227. The maximum atomic E-state index is 13.6. The summed E-state index contributed by atoms with van der Waals surface area (Å²) in [6, 6.07) is 11.7. The second-order valence-electron chi connectivity index (χ2n) is 7.27. The van der Waals surface area contributed by atoms with E-state index in [9.17, 15) is 9.18 Å². The number of aromatic nitrogens is 2. The first-order chi connectivity index (χ1) is 14.1. The predicted octanol–water partition coefficient (Wildman–Crippen LogP) is 4.74. The van der Waals surface area contributed by atoms with E-state index in [0.29, 0.717) is 40.4 Å². The molecular weight excluding hydrogens is 373 g/mol. The lowest BCUT2D eigenvalue weighted by molar-refractivity contribution is 0.0731. The Kier molecular flexibility index (Phi) is 4.16. The number of amides is 1. The summed E-state index contributed by atoms with van der Waals surface area (Å²) < 4.78 is 24.4. The molecule has 0 bridgehead atoms. The van der Waals surface area contributed by atoms with Gasteiger partial charge in [-0.05, 0) is 55.7 Å². The van der Waals surface area contributed by atoms with Crippen LogP contribution in [0.4, 0.5) is 4.39 Å². The van der Waals surface area contributed by atoms with E-state index >= 15 is 0 Å². The van der Waals surface area contributed by atoms with Crippen LogP contribution < -0.4 is 0 Å². The number of fused-ring (bicyclic) bond motifs is 1. The van der Waals surface area contributed by atoms with Crippen LogP contribution in [0.5, 0.6) is 0 Å². The van der Waals surface area contributed by atoms with Gasteiger partial charge in [0.2, 0.25) is 0 Å². The van der Waals surface area contributed by atoms with Crippen molar-refractivity contribution in [2.75, 3.05) is 0 Å². The summed E-state index contributed by atoms with van der Waals surface area (Å²) in [5.41, 5.74) is 2.61. The summed E-state index contributed by atoms with van der Waals surface area (Å²) in [6.45, 7) is 2.12. The zero-order chi connectivity index (χ0) is 20.0. The molecule has 1 saturated carbocycles. The number of carbonyl (C=O) groups excluding carboxylic acids is 1. The number of furan rings is 1. The average molecular weight is 391 g/mol. The Morgan fingerprint density at radius 1 is 1.24 bits per heavy atom. The van der Waals surface area contributed by atoms with Crippen LogP contribution in [-0.2, 0) is 6.54 Å². The largest absolute Gasteiger partial charge is 0.463 e. The van der Waals surface area contributed by atoms with Crippen molar-refractivity contribution < 1.29 is 18.1 Å². The topological polar surface area (TPSA) is 72.4 Å². The number of aryl methyl sites for hydroxylation is 1. The van der Waals surface area contributed by atoms with E-state index in [0.717, 1.165) is 18.4 Å². The van der Waals surface area contributed by atoms with Crippen LogP contribution in [0.2, 0.25) is 0 Å². The molecule has 1 fully saturated rings. The Morgan fingerprint density at radius 3 is 2.83 bits per heavy atom. The van der Waals surface area contributed by atoms with Crippen molar-refractivity contribution in [3.8, 4) is 11.5 Å². The minimum atomic E-state index is -0.313. The molecular formula is C22H18FN3O3. The van der Waals surface area contributed by atoms with Crippen molar-refractivity contribution in [1.82, 2.24) is 15.0 Å². The quantitative estimate of drug-likeness (QED) is 0.492. The number of carbonyl (C=O) groups is 1. The summed E-state index contributed by atoms with van der Waals surface area (Å²) in [4.78, 5) is 19.9. The summed E-state index contributed by atoms with van der Waals surface area (Å²) in [5, 5.41) is 4.58. The zero-order valence-corrected chi connectivity index (χ0v) is 15.8. The van der Waals surface area contributed by atoms with Gasteiger partial charge in [-0.1, -0.05) is 17.3 Å². The molecule has 0 N–H and O–H groups in total. The molecule has 0 spiro atoms. The number of nitrogens with zero attached hydrogens (tertiary/aromatic N) is 3. The summed E-state index contributed by atoms with van der Waals surface area (Å²) in [5.74, 6) is 0.0772. The molecule has 4 aromatic rings. The van der Waals surface area contributed by atoms with Gasteiger partial charge in [0.1, 0.15) is 11.5 Å². The fourth-order valence-electron chi connectivity index (χ4n) is 3.55. The van der Waals surface area contributed by atoms with Gasteiger partial charge in [0.15, 0.2) is 5.76 Å². The third kappa shape index (κ3) is 3.29. The smallest absolute Gasteiger partial charge is 0.259 e. The van der Waals surface area contributed by atoms with Gasteiger partial charge in [-0.25, -0.2) is 9.37 Å². The molecule has 1 aliphatic rings. The van der Waals surface area contributed by atoms with Crippen molar-refractivity contribution in [3.05, 3.63) is 71.4 Å². The second-order valence-corrected chi connectivity index (χ2v) is 7.27. The van der Waals surface area contributed by atoms with Crippen molar-refractivity contribution >= 4 is 17.0 Å². The molecule has 0 atom stereocenters. The van der Waals surface area contributed by atoms with Crippen LogP contribution in [0, 0.1) is 12.7 Å². The van der Waals surface area contributed by atoms with E-state index in [4.69, 9.17) is 8.94 Å². The van der Waals surface area contributed by atoms with E-state index in [2.05, 4.69) is 10.1 Å². The molecule has 29 heavy (non-hydrogen) atoms. The number of halogens is 1. The normalized spacial score (nSPS) is 13.7. The lowest BCUT2D eigenvalue weighted by Crippen LogP contribution is -2.33. The SMILES string of the molecule is Cc1noc2nc(-c3ccco3)cc(C(=O)N(Cc3cccc(F)c3)C3CC3)c12. The Hall–Kier alpha value is -3.48. The third-order valence-corrected chi connectivity index (χ3v) is 5.11. The molecule has 146 valence electrons. The molecule has 0 unspecified atom stereocenters. The van der Waals surface area contributed by atoms with Gasteiger partial charge in [-0.2, -0.15) is 0 Å². The Bertz CT molecular complexity index is 1200. The van der Waals surface area contributed by atoms with E-state index in [1.165, 1.54) is 12.1 Å². The van der Waals surface area contributed by atoms with Crippen LogP contribution >= 0.6 is 0 Å². The highest BCUT2D eigenvalue weighted by molar-refractivity contribution is 6.07. The Morgan fingerprint density at radius 2 is 2.10 bits per heavy atom. The van der Waals surface area contributed by atoms with Gasteiger partial charge < -0.3 is 13.8 Å². The summed E-state index contributed by atoms with van der Waals surface area (Å²) >= 11 is 0. The maximum Gasteiger partial charge on any atom is 0.259 e. The number of pyridine rings is 1. The van der Waals surface area contributed by atoms with Crippen LogP contribution in [0.25, 0.3) is 22.6 Å². The van der Waals surface area contributed by atoms with E-state index < -0.39 is 0 Å². The molecule has 6 nitrogen and oxygen atoms in total. The zero-order valence-electron chi connectivity index (χ0n) is 15.8. The molecule has 1 aromatic carbocycles. The molecule has 0 saturated heterocycles. The first-order valence-electron chi connectivity index (χ1n) is 9.46. The van der Waals surface area contributed by atoms with Crippen LogP contribution in [0.3, 0.4) is 0 Å². The number of hydrogen-bond donors (Lipinski definition) is 0. The molecule has 1 aliphatic carbocycles. The van der Waals surface area contributed by atoms with Gasteiger partial charge in [0, 0.05) is 12.6 Å². The molecule has 7 heteroatoms. The molecule has 0 aliphatic heterocycles. The minimum Gasteiger partial charge on any atom is -0.463 e. The first-order valence-corrected chi connectivity index (χ1v) is 9.46. The van der Waals surface area contributed by atoms with Gasteiger partial charge >= 0.3 is 0 Å². The lowest BCUT2D eigenvalue weighted by Gasteiger charge is -2.23. The van der Waals surface area contributed by atoms with Crippen molar-refractivity contribution in [2.45, 2.75) is 32.4 Å². The Balaban J connectivity index is 1.59. The number of rotatable bonds is 5. The monoisotopic (exact) mass is 391 g/mol. The molecule has 3 heterocycles. The van der Waals surface area contributed by atoms with Gasteiger partial charge in [0.05, 0.1) is 22.9 Å². The average Bonchev–Trinajstić information content (AvgIpc) is 3.26. The Labute approximate surface area is 165 Å². The molecule has 0 radical (unpaired) electrons. The predicted molar refractivity (Wildman–Crippen MR) is 104 cm³/mol. The highest BCUT2D eigenvalue weighted by Gasteiger charge is 2.35. The minimum absolute atomic E-state index is 0.140. The van der Waals surface area contributed by atoms with E-state index in [1.54, 1.807) is 42.4 Å². The second kappa shape index (κ2) is 6.84. The summed E-state index contributed by atoms with van der Waals surface area (Å²) in [7, 11) is 0. The van der Waals surface area contributed by atoms with Gasteiger partial charge in [-0.15, -0.1) is 0 Å². The molecule has 3 aromatic heterocycles. The van der Waals surface area contributed by atoms with Gasteiger partial charge in [-0.3, -0.25) is 4.79 Å². The number of benzene rings is 1. The molecule has 5 rings (SSSR count). The fourth-order valence-corrected chi connectivity index (χ4v) is 3.55. The highest BCUT2D eigenvalue weighted by atomic mass is 19.1. The van der Waals surface area contributed by atoms with Crippen LogP contribution in [0.1, 0.15) is 34.5 Å². The lowest BCUT2D eigenvalue weighted by atomic mass is 10.1. The van der Waals surface area contributed by atoms with Gasteiger partial charge in [0.25, 0.3) is 11.6 Å². The van der Waals surface area contributed by atoms with E-state index in [1.807, 2.05) is 6.07 Å². The maximum absolute atomic E-state index is 13.6. The van der Waals surface area contributed by atoms with Crippen LogP contribution in [-0.4, -0.2) is 27.0 Å². The summed E-state index contributed by atoms with van der Waals surface area (Å²) in [6.07, 6.45) is 3.42. The van der Waals surface area contributed by atoms with Crippen molar-refractivity contribution in [2.24, 2.45) is 0 Å². The van der Waals surface area contributed by atoms with Crippen molar-refractivity contribution in [1.29, 1.82) is 0 Å². The third-order valence-electron chi connectivity index (χ3n) is 5.11.